The molecule has 1 aliphatic heterocycles. The van der Waals surface area contributed by atoms with Gasteiger partial charge in [-0.2, -0.15) is 0 Å². The van der Waals surface area contributed by atoms with Crippen molar-refractivity contribution in [2.75, 3.05) is 19.7 Å². The fourth-order valence-corrected chi connectivity index (χ4v) is 2.11. The van der Waals surface area contributed by atoms with E-state index in [1.165, 1.54) is 5.57 Å². The molecule has 1 heterocycles. The molecule has 0 bridgehead atoms. The van der Waals surface area contributed by atoms with E-state index in [-0.39, 0.29) is 11.4 Å². The molecule has 0 aromatic heterocycles. The molecule has 3 nitrogen and oxygen atoms in total. The number of nitrogens with one attached hydrogen (secondary N) is 1. The van der Waals surface area contributed by atoms with Crippen molar-refractivity contribution in [3.8, 4) is 0 Å². The third kappa shape index (κ3) is 1.57. The highest BCUT2D eigenvalue weighted by molar-refractivity contribution is 5.83. The Morgan fingerprint density at radius 2 is 2.43 bits per heavy atom. The van der Waals surface area contributed by atoms with Crippen LogP contribution in [-0.2, 0) is 9.53 Å². The molecule has 78 valence electrons. The van der Waals surface area contributed by atoms with Crippen LogP contribution in [0.25, 0.3) is 0 Å². The van der Waals surface area contributed by atoms with Crippen molar-refractivity contribution >= 4 is 5.97 Å². The first-order valence-corrected chi connectivity index (χ1v) is 5.37. The van der Waals surface area contributed by atoms with E-state index in [0.29, 0.717) is 6.61 Å². The summed E-state index contributed by atoms with van der Waals surface area (Å²) in [5.41, 5.74) is 1.09. The third-order valence-electron chi connectivity index (χ3n) is 3.09. The average molecular weight is 195 g/mol. The van der Waals surface area contributed by atoms with Crippen molar-refractivity contribution in [1.82, 2.24) is 5.32 Å². The molecule has 1 aliphatic carbocycles. The van der Waals surface area contributed by atoms with Gasteiger partial charge >= 0.3 is 5.97 Å². The molecule has 0 aromatic rings. The van der Waals surface area contributed by atoms with E-state index < -0.39 is 0 Å². The molecule has 3 heteroatoms. The molecule has 0 radical (unpaired) electrons. The molecule has 1 saturated carbocycles. The van der Waals surface area contributed by atoms with Crippen LogP contribution in [0.15, 0.2) is 11.6 Å². The number of carbonyl (C=O) groups is 1. The Morgan fingerprint density at radius 3 is 2.93 bits per heavy atom. The summed E-state index contributed by atoms with van der Waals surface area (Å²) in [4.78, 5) is 11.7. The molecule has 0 amide bonds. The van der Waals surface area contributed by atoms with Crippen molar-refractivity contribution in [3.63, 3.8) is 0 Å². The van der Waals surface area contributed by atoms with Gasteiger partial charge < -0.3 is 10.1 Å². The van der Waals surface area contributed by atoms with Gasteiger partial charge in [0, 0.05) is 6.54 Å². The molecule has 1 fully saturated rings. The average Bonchev–Trinajstić information content (AvgIpc) is 3.00. The molecule has 0 unspecified atom stereocenters. The maximum absolute atomic E-state index is 11.7. The highest BCUT2D eigenvalue weighted by atomic mass is 16.5. The lowest BCUT2D eigenvalue weighted by Gasteiger charge is -2.21. The first-order chi connectivity index (χ1) is 6.79. The number of hydrogen-bond donors (Lipinski definition) is 1. The Morgan fingerprint density at radius 1 is 1.64 bits per heavy atom. The van der Waals surface area contributed by atoms with Gasteiger partial charge in [-0.25, -0.2) is 0 Å². The number of rotatable bonds is 3. The zero-order chi connectivity index (χ0) is 10.0. The van der Waals surface area contributed by atoms with Crippen molar-refractivity contribution in [3.05, 3.63) is 11.6 Å². The van der Waals surface area contributed by atoms with Gasteiger partial charge in [0.25, 0.3) is 0 Å². The lowest BCUT2D eigenvalue weighted by Crippen LogP contribution is -2.28. The topological polar surface area (TPSA) is 38.3 Å². The summed E-state index contributed by atoms with van der Waals surface area (Å²) in [6, 6.07) is 0. The van der Waals surface area contributed by atoms with Crippen LogP contribution in [0.3, 0.4) is 0 Å². The van der Waals surface area contributed by atoms with Gasteiger partial charge in [0.15, 0.2) is 0 Å². The van der Waals surface area contributed by atoms with Gasteiger partial charge in [-0.3, -0.25) is 4.79 Å². The van der Waals surface area contributed by atoms with Gasteiger partial charge in [-0.05, 0) is 32.7 Å². The smallest absolute Gasteiger partial charge is 0.316 e. The third-order valence-corrected chi connectivity index (χ3v) is 3.09. The Kier molecular flexibility index (Phi) is 2.59. The summed E-state index contributed by atoms with van der Waals surface area (Å²) < 4.78 is 5.12. The number of hydrogen-bond acceptors (Lipinski definition) is 3. The van der Waals surface area contributed by atoms with Crippen LogP contribution in [0.2, 0.25) is 0 Å². The van der Waals surface area contributed by atoms with Crippen LogP contribution in [0.4, 0.5) is 0 Å². The second-order valence-electron chi connectivity index (χ2n) is 3.99. The number of carbonyl (C=O) groups excluding carboxylic acids is 1. The summed E-state index contributed by atoms with van der Waals surface area (Å²) in [6.45, 7) is 4.25. The predicted molar refractivity (Wildman–Crippen MR) is 53.9 cm³/mol. The highest BCUT2D eigenvalue weighted by Gasteiger charge is 2.53. The molecule has 0 saturated heterocycles. The maximum Gasteiger partial charge on any atom is 0.316 e. The normalized spacial score (nSPS) is 23.9. The van der Waals surface area contributed by atoms with Gasteiger partial charge in [-0.15, -0.1) is 0 Å². The lowest BCUT2D eigenvalue weighted by molar-refractivity contribution is -0.148. The van der Waals surface area contributed by atoms with Crippen molar-refractivity contribution in [2.45, 2.75) is 26.2 Å². The summed E-state index contributed by atoms with van der Waals surface area (Å²) in [5, 5.41) is 3.26. The minimum atomic E-state index is -0.210. The number of esters is 1. The Hall–Kier alpha value is -0.830. The quantitative estimate of drug-likeness (QED) is 0.544. The van der Waals surface area contributed by atoms with Crippen LogP contribution in [-0.4, -0.2) is 25.7 Å². The largest absolute Gasteiger partial charge is 0.465 e. The van der Waals surface area contributed by atoms with E-state index in [1.807, 2.05) is 6.92 Å². The molecule has 2 aliphatic rings. The maximum atomic E-state index is 11.7. The van der Waals surface area contributed by atoms with Crippen LogP contribution >= 0.6 is 0 Å². The summed E-state index contributed by atoms with van der Waals surface area (Å²) in [5.74, 6) is -0.00634. The summed E-state index contributed by atoms with van der Waals surface area (Å²) in [6.07, 6.45) is 5.13. The fraction of sp³-hybridized carbons (Fsp3) is 0.727. The van der Waals surface area contributed by atoms with Crippen molar-refractivity contribution in [2.24, 2.45) is 5.41 Å². The van der Waals surface area contributed by atoms with E-state index in [1.54, 1.807) is 0 Å². The summed E-state index contributed by atoms with van der Waals surface area (Å²) in [7, 11) is 0. The zero-order valence-corrected chi connectivity index (χ0v) is 8.64. The Bertz CT molecular complexity index is 266. The molecule has 14 heavy (non-hydrogen) atoms. The minimum absolute atomic E-state index is 0.00634. The predicted octanol–water partition coefficient (Wildman–Crippen LogP) is 1.25. The first kappa shape index (κ1) is 9.71. The second kappa shape index (κ2) is 3.73. The van der Waals surface area contributed by atoms with Crippen LogP contribution in [0.1, 0.15) is 26.2 Å². The van der Waals surface area contributed by atoms with E-state index >= 15 is 0 Å². The van der Waals surface area contributed by atoms with Gasteiger partial charge in [0.1, 0.15) is 0 Å². The SMILES string of the molecule is CCOC(=O)C1(C2=CCNCC2)CC1. The molecule has 0 aromatic carbocycles. The molecular weight excluding hydrogens is 178 g/mol. The van der Waals surface area contributed by atoms with Gasteiger partial charge in [0.2, 0.25) is 0 Å². The van der Waals surface area contributed by atoms with E-state index in [2.05, 4.69) is 11.4 Å². The molecule has 2 rings (SSSR count). The zero-order valence-electron chi connectivity index (χ0n) is 8.64. The summed E-state index contributed by atoms with van der Waals surface area (Å²) >= 11 is 0. The van der Waals surface area contributed by atoms with Crippen LogP contribution in [0, 0.1) is 5.41 Å². The minimum Gasteiger partial charge on any atom is -0.465 e. The monoisotopic (exact) mass is 195 g/mol. The van der Waals surface area contributed by atoms with Crippen LogP contribution < -0.4 is 5.32 Å². The van der Waals surface area contributed by atoms with Gasteiger partial charge in [-0.1, -0.05) is 11.6 Å². The molecular formula is C11H17NO2. The molecule has 0 spiro atoms. The number of ether oxygens (including phenoxy) is 1. The van der Waals surface area contributed by atoms with Crippen LogP contribution in [0.5, 0.6) is 0 Å². The van der Waals surface area contributed by atoms with Crippen molar-refractivity contribution in [1.29, 1.82) is 0 Å². The molecule has 0 atom stereocenters. The standard InChI is InChI=1S/C11H17NO2/c1-2-14-10(13)11(5-6-11)9-3-7-12-8-4-9/h3,12H,2,4-8H2,1H3. The first-order valence-electron chi connectivity index (χ1n) is 5.37. The van der Waals surface area contributed by atoms with Crippen molar-refractivity contribution < 1.29 is 9.53 Å². The highest BCUT2D eigenvalue weighted by Crippen LogP contribution is 2.54. The fourth-order valence-electron chi connectivity index (χ4n) is 2.11. The van der Waals surface area contributed by atoms with E-state index in [4.69, 9.17) is 4.74 Å². The van der Waals surface area contributed by atoms with E-state index in [0.717, 1.165) is 32.4 Å². The Balaban J connectivity index is 2.08. The lowest BCUT2D eigenvalue weighted by atomic mass is 9.91. The Labute approximate surface area is 84.5 Å². The second-order valence-corrected chi connectivity index (χ2v) is 3.99. The van der Waals surface area contributed by atoms with Gasteiger partial charge in [0.05, 0.1) is 12.0 Å². The molecule has 1 N–H and O–H groups in total. The van der Waals surface area contributed by atoms with E-state index in [9.17, 15) is 4.79 Å².